The maximum atomic E-state index is 10.9. The average molecular weight is 326 g/mol. The fraction of sp³-hybridized carbons (Fsp3) is 0.222. The fourth-order valence-corrected chi connectivity index (χ4v) is 1.79. The molecule has 4 heteroatoms. The molecule has 0 atom stereocenters. The Balaban J connectivity index is 3.14. The van der Waals surface area contributed by atoms with Crippen molar-refractivity contribution in [3.05, 3.63) is 34.9 Å². The summed E-state index contributed by atoms with van der Waals surface area (Å²) >= 11 is 12.1. The average Bonchev–Trinajstić information content (AvgIpc) is 2.16. The Morgan fingerprint density at radius 2 is 1.62 bits per heavy atom. The van der Waals surface area contributed by atoms with E-state index in [0.29, 0.717) is 5.56 Å². The highest BCUT2D eigenvalue weighted by Gasteiger charge is 2.04. The van der Waals surface area contributed by atoms with E-state index in [1.165, 1.54) is 0 Å². The zero-order valence-electron chi connectivity index (χ0n) is 6.69. The molecule has 0 fully saturated rings. The zero-order chi connectivity index (χ0) is 9.84. The van der Waals surface area contributed by atoms with Gasteiger partial charge in [-0.25, -0.2) is 0 Å². The Labute approximate surface area is 98.7 Å². The summed E-state index contributed by atoms with van der Waals surface area (Å²) in [6.07, 6.45) is 0. The number of halogens is 3. The normalized spacial score (nSPS) is 10.1. The van der Waals surface area contributed by atoms with Crippen molar-refractivity contribution in [1.29, 1.82) is 0 Å². The van der Waals surface area contributed by atoms with E-state index in [2.05, 4.69) is 31.9 Å². The molecule has 1 aromatic carbocycles. The number of carbonyl (C=O) groups is 1. The first kappa shape index (κ1) is 11.2. The molecule has 0 radical (unpaired) electrons. The molecule has 1 nitrogen and oxygen atoms in total. The van der Waals surface area contributed by atoms with Gasteiger partial charge in [0.25, 0.3) is 5.24 Å². The number of alkyl halides is 2. The van der Waals surface area contributed by atoms with E-state index >= 15 is 0 Å². The third-order valence-electron chi connectivity index (χ3n) is 1.59. The second-order valence-corrected chi connectivity index (χ2v) is 4.04. The summed E-state index contributed by atoms with van der Waals surface area (Å²) in [6, 6.07) is 5.60. The highest BCUT2D eigenvalue weighted by atomic mass is 79.9. The minimum atomic E-state index is -0.412. The van der Waals surface area contributed by atoms with Crippen LogP contribution in [0.25, 0.3) is 0 Å². The summed E-state index contributed by atoms with van der Waals surface area (Å²) in [6.45, 7) is 0. The highest BCUT2D eigenvalue weighted by Crippen LogP contribution is 2.16. The molecule has 0 aliphatic carbocycles. The van der Waals surface area contributed by atoms with Crippen LogP contribution in [0.15, 0.2) is 18.2 Å². The topological polar surface area (TPSA) is 17.1 Å². The largest absolute Gasteiger partial charge is 0.276 e. The predicted octanol–water partition coefficient (Wildman–Crippen LogP) is 3.86. The molecule has 0 N–H and O–H groups in total. The van der Waals surface area contributed by atoms with Crippen molar-refractivity contribution in [1.82, 2.24) is 0 Å². The van der Waals surface area contributed by atoms with Gasteiger partial charge >= 0.3 is 0 Å². The maximum absolute atomic E-state index is 10.9. The molecule has 13 heavy (non-hydrogen) atoms. The predicted molar refractivity (Wildman–Crippen MR) is 61.9 cm³/mol. The monoisotopic (exact) mass is 324 g/mol. The summed E-state index contributed by atoms with van der Waals surface area (Å²) < 4.78 is 0. The van der Waals surface area contributed by atoms with E-state index in [9.17, 15) is 4.79 Å². The molecular weight excluding hydrogens is 319 g/mol. The van der Waals surface area contributed by atoms with Crippen molar-refractivity contribution in [2.24, 2.45) is 0 Å². The summed E-state index contributed by atoms with van der Waals surface area (Å²) in [5.74, 6) is 0. The molecule has 0 saturated heterocycles. The Kier molecular flexibility index (Phi) is 4.42. The number of hydrogen-bond donors (Lipinski definition) is 0. The van der Waals surface area contributed by atoms with Crippen molar-refractivity contribution in [3.63, 3.8) is 0 Å². The molecule has 0 aromatic heterocycles. The van der Waals surface area contributed by atoms with Gasteiger partial charge in [0.2, 0.25) is 0 Å². The molecule has 0 unspecified atom stereocenters. The molecule has 0 amide bonds. The Hall–Kier alpha value is 0.140. The standard InChI is InChI=1S/C9H7Br2ClO/c10-4-6-1-7(5-11)3-8(2-6)9(12)13/h1-3H,4-5H2. The summed E-state index contributed by atoms with van der Waals surface area (Å²) in [5, 5.41) is 1.04. The molecule has 0 spiro atoms. The van der Waals surface area contributed by atoms with Crippen LogP contribution < -0.4 is 0 Å². The van der Waals surface area contributed by atoms with Crippen LogP contribution in [0.5, 0.6) is 0 Å². The van der Waals surface area contributed by atoms with Crippen LogP contribution in [0.3, 0.4) is 0 Å². The van der Waals surface area contributed by atoms with Crippen LogP contribution in [0.1, 0.15) is 21.5 Å². The molecule has 0 saturated carbocycles. The van der Waals surface area contributed by atoms with Crippen molar-refractivity contribution in [2.75, 3.05) is 0 Å². The Morgan fingerprint density at radius 3 is 1.92 bits per heavy atom. The van der Waals surface area contributed by atoms with Gasteiger partial charge in [-0.1, -0.05) is 37.9 Å². The van der Waals surface area contributed by atoms with E-state index in [1.54, 1.807) is 12.1 Å². The van der Waals surface area contributed by atoms with E-state index in [1.807, 2.05) is 6.07 Å². The van der Waals surface area contributed by atoms with Gasteiger partial charge in [0.05, 0.1) is 0 Å². The number of carbonyl (C=O) groups excluding carboxylic acids is 1. The number of benzene rings is 1. The Bertz CT molecular complexity index is 303. The van der Waals surface area contributed by atoms with Crippen LogP contribution >= 0.6 is 43.5 Å². The van der Waals surface area contributed by atoms with E-state index in [0.717, 1.165) is 21.8 Å². The Morgan fingerprint density at radius 1 is 1.15 bits per heavy atom. The first-order valence-electron chi connectivity index (χ1n) is 3.62. The van der Waals surface area contributed by atoms with Crippen LogP contribution in [-0.4, -0.2) is 5.24 Å². The minimum absolute atomic E-state index is 0.412. The van der Waals surface area contributed by atoms with E-state index in [4.69, 9.17) is 11.6 Å². The van der Waals surface area contributed by atoms with Crippen LogP contribution in [0.4, 0.5) is 0 Å². The second kappa shape index (κ2) is 5.13. The van der Waals surface area contributed by atoms with Crippen LogP contribution in [0.2, 0.25) is 0 Å². The fourth-order valence-electron chi connectivity index (χ4n) is 1.03. The lowest BCUT2D eigenvalue weighted by molar-refractivity contribution is 0.108. The van der Waals surface area contributed by atoms with Gasteiger partial charge in [-0.15, -0.1) is 0 Å². The van der Waals surface area contributed by atoms with E-state index < -0.39 is 5.24 Å². The van der Waals surface area contributed by atoms with Gasteiger partial charge in [-0.2, -0.15) is 0 Å². The third-order valence-corrected chi connectivity index (χ3v) is 3.10. The van der Waals surface area contributed by atoms with Crippen LogP contribution in [0, 0.1) is 0 Å². The van der Waals surface area contributed by atoms with Crippen molar-refractivity contribution >= 4 is 48.7 Å². The summed E-state index contributed by atoms with van der Waals surface area (Å²) in [7, 11) is 0. The van der Waals surface area contributed by atoms with Crippen LogP contribution in [-0.2, 0) is 10.7 Å². The molecule has 1 rings (SSSR count). The molecule has 0 bridgehead atoms. The minimum Gasteiger partial charge on any atom is -0.276 e. The summed E-state index contributed by atoms with van der Waals surface area (Å²) in [4.78, 5) is 10.9. The maximum Gasteiger partial charge on any atom is 0.252 e. The van der Waals surface area contributed by atoms with Gasteiger partial charge in [0.1, 0.15) is 0 Å². The molecule has 0 aliphatic heterocycles. The number of hydrogen-bond acceptors (Lipinski definition) is 1. The molecule has 70 valence electrons. The quantitative estimate of drug-likeness (QED) is 0.609. The third kappa shape index (κ3) is 3.08. The van der Waals surface area contributed by atoms with Crippen molar-refractivity contribution in [3.8, 4) is 0 Å². The molecule has 0 aliphatic rings. The highest BCUT2D eigenvalue weighted by molar-refractivity contribution is 9.08. The number of rotatable bonds is 3. The van der Waals surface area contributed by atoms with Gasteiger partial charge < -0.3 is 0 Å². The lowest BCUT2D eigenvalue weighted by Crippen LogP contribution is -1.93. The smallest absolute Gasteiger partial charge is 0.252 e. The van der Waals surface area contributed by atoms with Gasteiger partial charge in [-0.05, 0) is 34.9 Å². The van der Waals surface area contributed by atoms with Gasteiger partial charge in [0.15, 0.2) is 0 Å². The summed E-state index contributed by atoms with van der Waals surface area (Å²) in [5.41, 5.74) is 2.66. The van der Waals surface area contributed by atoms with E-state index in [-0.39, 0.29) is 0 Å². The first-order valence-corrected chi connectivity index (χ1v) is 6.24. The molecular formula is C9H7Br2ClO. The van der Waals surface area contributed by atoms with Gasteiger partial charge in [-0.3, -0.25) is 4.79 Å². The zero-order valence-corrected chi connectivity index (χ0v) is 10.6. The molecule has 1 aromatic rings. The first-order chi connectivity index (χ1) is 6.17. The van der Waals surface area contributed by atoms with Crippen molar-refractivity contribution in [2.45, 2.75) is 10.7 Å². The molecule has 0 heterocycles. The van der Waals surface area contributed by atoms with Gasteiger partial charge in [0, 0.05) is 16.2 Å². The SMILES string of the molecule is O=C(Cl)c1cc(CBr)cc(CBr)c1. The lowest BCUT2D eigenvalue weighted by atomic mass is 10.1. The lowest BCUT2D eigenvalue weighted by Gasteiger charge is -2.02. The van der Waals surface area contributed by atoms with Crippen molar-refractivity contribution < 1.29 is 4.79 Å². The second-order valence-electron chi connectivity index (χ2n) is 2.58.